The van der Waals surface area contributed by atoms with Crippen LogP contribution >= 0.6 is 11.3 Å². The van der Waals surface area contributed by atoms with Gasteiger partial charge in [0.15, 0.2) is 0 Å². The molecule has 0 aliphatic heterocycles. The molecule has 0 unspecified atom stereocenters. The summed E-state index contributed by atoms with van der Waals surface area (Å²) in [5.41, 5.74) is 2.15. The monoisotopic (exact) mass is 381 g/mol. The van der Waals surface area contributed by atoms with E-state index < -0.39 is 0 Å². The van der Waals surface area contributed by atoms with Gasteiger partial charge in [0.2, 0.25) is 5.91 Å². The van der Waals surface area contributed by atoms with Gasteiger partial charge in [0, 0.05) is 18.0 Å². The van der Waals surface area contributed by atoms with Crippen molar-refractivity contribution in [3.63, 3.8) is 0 Å². The third kappa shape index (κ3) is 5.34. The van der Waals surface area contributed by atoms with Gasteiger partial charge in [-0.15, -0.1) is 11.3 Å². The highest BCUT2D eigenvalue weighted by Crippen LogP contribution is 2.19. The fraction of sp³-hybridized carbons (Fsp3) is 0.227. The minimum atomic E-state index is 0.115. The summed E-state index contributed by atoms with van der Waals surface area (Å²) in [6.45, 7) is 1.11. The van der Waals surface area contributed by atoms with Crippen molar-refractivity contribution in [1.29, 1.82) is 0 Å². The highest BCUT2D eigenvalue weighted by atomic mass is 32.1. The Morgan fingerprint density at radius 1 is 0.852 bits per heavy atom. The van der Waals surface area contributed by atoms with E-state index in [0.29, 0.717) is 19.5 Å². The minimum Gasteiger partial charge on any atom is -0.497 e. The van der Waals surface area contributed by atoms with Crippen LogP contribution in [0.4, 0.5) is 0 Å². The molecule has 0 saturated carbocycles. The number of carbonyl (C=O) groups excluding carboxylic acids is 1. The van der Waals surface area contributed by atoms with Crippen molar-refractivity contribution in [2.45, 2.75) is 19.5 Å². The number of nitrogens with zero attached hydrogens (tertiary/aromatic N) is 1. The van der Waals surface area contributed by atoms with E-state index in [1.165, 1.54) is 0 Å². The molecule has 0 aliphatic carbocycles. The Bertz CT molecular complexity index is 793. The zero-order valence-electron chi connectivity index (χ0n) is 15.6. The van der Waals surface area contributed by atoms with Crippen LogP contribution in [0.15, 0.2) is 66.0 Å². The molecule has 0 N–H and O–H groups in total. The maximum absolute atomic E-state index is 12.9. The second-order valence-electron chi connectivity index (χ2n) is 6.20. The second kappa shape index (κ2) is 9.24. The number of benzene rings is 2. The first-order valence-electron chi connectivity index (χ1n) is 8.74. The minimum absolute atomic E-state index is 0.115. The summed E-state index contributed by atoms with van der Waals surface area (Å²) in [4.78, 5) is 15.9. The molecular formula is C22H23NO3S. The van der Waals surface area contributed by atoms with Gasteiger partial charge >= 0.3 is 0 Å². The van der Waals surface area contributed by atoms with Crippen molar-refractivity contribution >= 4 is 17.2 Å². The number of amides is 1. The zero-order valence-corrected chi connectivity index (χ0v) is 16.4. The highest BCUT2D eigenvalue weighted by molar-refractivity contribution is 7.10. The number of thiophene rings is 1. The van der Waals surface area contributed by atoms with Crippen molar-refractivity contribution in [2.24, 2.45) is 0 Å². The van der Waals surface area contributed by atoms with E-state index in [-0.39, 0.29) is 5.91 Å². The normalized spacial score (nSPS) is 10.4. The number of ether oxygens (including phenoxy) is 2. The van der Waals surface area contributed by atoms with E-state index in [0.717, 1.165) is 27.5 Å². The lowest BCUT2D eigenvalue weighted by Crippen LogP contribution is -2.31. The third-order valence-electron chi connectivity index (χ3n) is 4.32. The van der Waals surface area contributed by atoms with Crippen LogP contribution in [-0.2, 0) is 24.3 Å². The van der Waals surface area contributed by atoms with Crippen molar-refractivity contribution in [3.8, 4) is 11.5 Å². The van der Waals surface area contributed by atoms with Crippen molar-refractivity contribution in [2.75, 3.05) is 14.2 Å². The summed E-state index contributed by atoms with van der Waals surface area (Å²) in [6, 6.07) is 19.7. The SMILES string of the molecule is COc1ccc(CN(Cc2ccc(OC)cc2)C(=O)Cc2cccs2)cc1. The Morgan fingerprint density at radius 2 is 1.37 bits per heavy atom. The quantitative estimate of drug-likeness (QED) is 0.575. The average molecular weight is 381 g/mol. The average Bonchev–Trinajstić information content (AvgIpc) is 3.21. The van der Waals surface area contributed by atoms with Crippen LogP contribution < -0.4 is 9.47 Å². The maximum Gasteiger partial charge on any atom is 0.228 e. The molecule has 3 rings (SSSR count). The topological polar surface area (TPSA) is 38.8 Å². The van der Waals surface area contributed by atoms with Gasteiger partial charge in [-0.2, -0.15) is 0 Å². The van der Waals surface area contributed by atoms with Crippen LogP contribution in [0, 0.1) is 0 Å². The first-order valence-corrected chi connectivity index (χ1v) is 9.62. The van der Waals surface area contributed by atoms with Gasteiger partial charge in [-0.25, -0.2) is 0 Å². The molecule has 0 aliphatic rings. The molecule has 0 fully saturated rings. The Morgan fingerprint density at radius 3 is 1.78 bits per heavy atom. The molecular weight excluding hydrogens is 358 g/mol. The summed E-state index contributed by atoms with van der Waals surface area (Å²) in [5.74, 6) is 1.74. The summed E-state index contributed by atoms with van der Waals surface area (Å²) in [6.07, 6.45) is 0.421. The highest BCUT2D eigenvalue weighted by Gasteiger charge is 2.16. The molecule has 0 radical (unpaired) electrons. The maximum atomic E-state index is 12.9. The van der Waals surface area contributed by atoms with Gasteiger partial charge in [-0.1, -0.05) is 30.3 Å². The van der Waals surface area contributed by atoms with E-state index in [4.69, 9.17) is 9.47 Å². The standard InChI is InChI=1S/C22H23NO3S/c1-25-19-9-5-17(6-10-19)15-23(22(24)14-21-4-3-13-27-21)16-18-7-11-20(26-2)12-8-18/h3-13H,14-16H2,1-2H3. The molecule has 5 heteroatoms. The van der Waals surface area contributed by atoms with Crippen LogP contribution in [0.5, 0.6) is 11.5 Å². The van der Waals surface area contributed by atoms with Gasteiger partial charge in [-0.3, -0.25) is 4.79 Å². The molecule has 0 saturated heterocycles. The lowest BCUT2D eigenvalue weighted by molar-refractivity contribution is -0.131. The predicted molar refractivity (Wildman–Crippen MR) is 108 cm³/mol. The van der Waals surface area contributed by atoms with Crippen LogP contribution in [0.25, 0.3) is 0 Å². The van der Waals surface area contributed by atoms with E-state index in [9.17, 15) is 4.79 Å². The number of hydrogen-bond acceptors (Lipinski definition) is 4. The van der Waals surface area contributed by atoms with Crippen molar-refractivity contribution in [1.82, 2.24) is 4.90 Å². The fourth-order valence-electron chi connectivity index (χ4n) is 2.81. The van der Waals surface area contributed by atoms with Gasteiger partial charge in [-0.05, 0) is 46.8 Å². The summed E-state index contributed by atoms with van der Waals surface area (Å²) < 4.78 is 10.4. The van der Waals surface area contributed by atoms with E-state index in [1.54, 1.807) is 25.6 Å². The Balaban J connectivity index is 1.76. The van der Waals surface area contributed by atoms with Crippen LogP contribution in [0.3, 0.4) is 0 Å². The van der Waals surface area contributed by atoms with E-state index in [1.807, 2.05) is 70.9 Å². The number of rotatable bonds is 8. The van der Waals surface area contributed by atoms with Gasteiger partial charge in [0.05, 0.1) is 20.6 Å². The number of carbonyl (C=O) groups is 1. The molecule has 0 bridgehead atoms. The number of hydrogen-bond donors (Lipinski definition) is 0. The predicted octanol–water partition coefficient (Wildman–Crippen LogP) is 4.54. The van der Waals surface area contributed by atoms with Gasteiger partial charge < -0.3 is 14.4 Å². The van der Waals surface area contributed by atoms with Crippen LogP contribution in [0.1, 0.15) is 16.0 Å². The Kier molecular flexibility index (Phi) is 6.49. The van der Waals surface area contributed by atoms with E-state index >= 15 is 0 Å². The zero-order chi connectivity index (χ0) is 19.1. The van der Waals surface area contributed by atoms with Crippen LogP contribution in [0.2, 0.25) is 0 Å². The van der Waals surface area contributed by atoms with Crippen LogP contribution in [-0.4, -0.2) is 25.0 Å². The molecule has 140 valence electrons. The first-order chi connectivity index (χ1) is 13.2. The molecule has 3 aromatic rings. The van der Waals surface area contributed by atoms with Crippen molar-refractivity contribution < 1.29 is 14.3 Å². The number of methoxy groups -OCH3 is 2. The Labute approximate surface area is 164 Å². The molecule has 4 nitrogen and oxygen atoms in total. The summed E-state index contributed by atoms with van der Waals surface area (Å²) in [5, 5.41) is 2.00. The molecule has 1 amide bonds. The summed E-state index contributed by atoms with van der Waals surface area (Å²) >= 11 is 1.61. The second-order valence-corrected chi connectivity index (χ2v) is 7.23. The van der Waals surface area contributed by atoms with Gasteiger partial charge in [0.25, 0.3) is 0 Å². The lowest BCUT2D eigenvalue weighted by Gasteiger charge is -2.23. The molecule has 27 heavy (non-hydrogen) atoms. The van der Waals surface area contributed by atoms with E-state index in [2.05, 4.69) is 0 Å². The summed E-state index contributed by atoms with van der Waals surface area (Å²) in [7, 11) is 3.30. The molecule has 0 atom stereocenters. The Hall–Kier alpha value is -2.79. The lowest BCUT2D eigenvalue weighted by atomic mass is 10.1. The first kappa shape index (κ1) is 19.0. The molecule has 2 aromatic carbocycles. The van der Waals surface area contributed by atoms with Crippen molar-refractivity contribution in [3.05, 3.63) is 82.0 Å². The molecule has 1 heterocycles. The smallest absolute Gasteiger partial charge is 0.228 e. The van der Waals surface area contributed by atoms with Gasteiger partial charge in [0.1, 0.15) is 11.5 Å². The molecule has 0 spiro atoms. The fourth-order valence-corrected chi connectivity index (χ4v) is 3.50. The third-order valence-corrected chi connectivity index (χ3v) is 5.20. The largest absolute Gasteiger partial charge is 0.497 e. The molecule has 1 aromatic heterocycles.